The fourth-order valence-electron chi connectivity index (χ4n) is 1.97. The van der Waals surface area contributed by atoms with Gasteiger partial charge in [-0.3, -0.25) is 4.98 Å². The molecule has 3 heteroatoms. The van der Waals surface area contributed by atoms with Crippen molar-refractivity contribution in [2.75, 3.05) is 6.61 Å². The van der Waals surface area contributed by atoms with Crippen LogP contribution in [0.15, 0.2) is 42.6 Å². The van der Waals surface area contributed by atoms with Gasteiger partial charge in [-0.05, 0) is 30.5 Å². The first-order chi connectivity index (χ1) is 9.74. The van der Waals surface area contributed by atoms with Crippen molar-refractivity contribution >= 4 is 0 Å². The molecule has 1 atom stereocenters. The maximum absolute atomic E-state index is 9.78. The summed E-state index contributed by atoms with van der Waals surface area (Å²) in [5, 5.41) is 9.78. The van der Waals surface area contributed by atoms with Crippen LogP contribution in [0.3, 0.4) is 0 Å². The Balaban J connectivity index is 2.11. The maximum atomic E-state index is 9.78. The molecule has 0 spiro atoms. The lowest BCUT2D eigenvalue weighted by Gasteiger charge is -2.09. The molecule has 0 aliphatic rings. The first kappa shape index (κ1) is 14.5. The second-order valence-electron chi connectivity index (χ2n) is 4.77. The molecule has 2 rings (SSSR count). The number of aromatic nitrogens is 1. The summed E-state index contributed by atoms with van der Waals surface area (Å²) in [5.74, 6) is 0.800. The van der Waals surface area contributed by atoms with Gasteiger partial charge in [-0.1, -0.05) is 38.1 Å². The van der Waals surface area contributed by atoms with Gasteiger partial charge in [-0.2, -0.15) is 0 Å². The molecule has 106 valence electrons. The summed E-state index contributed by atoms with van der Waals surface area (Å²) in [4.78, 5) is 4.41. The number of aliphatic hydroxyl groups excluding tert-OH is 1. The zero-order valence-corrected chi connectivity index (χ0v) is 12.0. The smallest absolute Gasteiger partial charge is 0.137 e. The summed E-state index contributed by atoms with van der Waals surface area (Å²) in [7, 11) is 0. The minimum Gasteiger partial charge on any atom is -0.492 e. The fourth-order valence-corrected chi connectivity index (χ4v) is 1.97. The van der Waals surface area contributed by atoms with Gasteiger partial charge in [-0.15, -0.1) is 0 Å². The van der Waals surface area contributed by atoms with Crippen molar-refractivity contribution in [3.05, 3.63) is 48.2 Å². The zero-order valence-electron chi connectivity index (χ0n) is 12.0. The van der Waals surface area contributed by atoms with Crippen molar-refractivity contribution < 1.29 is 9.84 Å². The Morgan fingerprint density at radius 1 is 1.10 bits per heavy atom. The SMILES string of the molecule is CCCOc1ccc(-c2ccc(C(O)CC)cc2)nc1. The quantitative estimate of drug-likeness (QED) is 0.864. The molecule has 3 nitrogen and oxygen atoms in total. The first-order valence-electron chi connectivity index (χ1n) is 7.11. The van der Waals surface area contributed by atoms with Crippen molar-refractivity contribution in [3.8, 4) is 17.0 Å². The highest BCUT2D eigenvalue weighted by Crippen LogP contribution is 2.23. The third-order valence-corrected chi connectivity index (χ3v) is 3.19. The van der Waals surface area contributed by atoms with Crippen LogP contribution in [0.2, 0.25) is 0 Å². The summed E-state index contributed by atoms with van der Waals surface area (Å²) in [5.41, 5.74) is 2.89. The molecule has 0 saturated heterocycles. The third kappa shape index (κ3) is 3.58. The van der Waals surface area contributed by atoms with E-state index in [-0.39, 0.29) is 6.10 Å². The van der Waals surface area contributed by atoms with E-state index in [0.717, 1.165) is 35.4 Å². The second kappa shape index (κ2) is 7.06. The van der Waals surface area contributed by atoms with Gasteiger partial charge in [-0.25, -0.2) is 0 Å². The monoisotopic (exact) mass is 271 g/mol. The van der Waals surface area contributed by atoms with Crippen molar-refractivity contribution in [2.45, 2.75) is 32.8 Å². The van der Waals surface area contributed by atoms with Crippen LogP contribution >= 0.6 is 0 Å². The predicted molar refractivity (Wildman–Crippen MR) is 80.7 cm³/mol. The minimum atomic E-state index is -0.387. The molecular weight excluding hydrogens is 250 g/mol. The number of benzene rings is 1. The number of ether oxygens (including phenoxy) is 1. The molecule has 0 aliphatic heterocycles. The van der Waals surface area contributed by atoms with E-state index in [4.69, 9.17) is 4.74 Å². The lowest BCUT2D eigenvalue weighted by atomic mass is 10.0. The van der Waals surface area contributed by atoms with Crippen LogP contribution in [0.4, 0.5) is 0 Å². The van der Waals surface area contributed by atoms with E-state index in [1.165, 1.54) is 0 Å². The summed E-state index contributed by atoms with van der Waals surface area (Å²) in [6.45, 7) is 4.76. The van der Waals surface area contributed by atoms with E-state index in [1.54, 1.807) is 6.20 Å². The number of hydrogen-bond acceptors (Lipinski definition) is 3. The van der Waals surface area contributed by atoms with Gasteiger partial charge >= 0.3 is 0 Å². The minimum absolute atomic E-state index is 0.387. The molecule has 1 aromatic heterocycles. The predicted octanol–water partition coefficient (Wildman–Crippen LogP) is 3.98. The van der Waals surface area contributed by atoms with Crippen LogP contribution in [0, 0.1) is 0 Å². The highest BCUT2D eigenvalue weighted by Gasteiger charge is 2.05. The van der Waals surface area contributed by atoms with Gasteiger partial charge in [0.25, 0.3) is 0 Å². The van der Waals surface area contributed by atoms with Gasteiger partial charge in [0.05, 0.1) is 24.6 Å². The maximum Gasteiger partial charge on any atom is 0.137 e. The highest BCUT2D eigenvalue weighted by molar-refractivity contribution is 5.59. The molecule has 1 heterocycles. The first-order valence-corrected chi connectivity index (χ1v) is 7.11. The number of aliphatic hydroxyl groups is 1. The van der Waals surface area contributed by atoms with Gasteiger partial charge in [0.2, 0.25) is 0 Å². The highest BCUT2D eigenvalue weighted by atomic mass is 16.5. The Morgan fingerprint density at radius 3 is 2.40 bits per heavy atom. The van der Waals surface area contributed by atoms with Crippen molar-refractivity contribution in [2.24, 2.45) is 0 Å². The standard InChI is InChI=1S/C17H21NO2/c1-3-11-20-15-9-10-16(18-12-15)13-5-7-14(8-6-13)17(19)4-2/h5-10,12,17,19H,3-4,11H2,1-2H3. The van der Waals surface area contributed by atoms with Crippen LogP contribution in [-0.2, 0) is 0 Å². The van der Waals surface area contributed by atoms with Crippen LogP contribution in [0.25, 0.3) is 11.3 Å². The second-order valence-corrected chi connectivity index (χ2v) is 4.77. The van der Waals surface area contributed by atoms with E-state index in [0.29, 0.717) is 6.61 Å². The van der Waals surface area contributed by atoms with Crippen LogP contribution in [0.5, 0.6) is 5.75 Å². The van der Waals surface area contributed by atoms with Crippen molar-refractivity contribution in [1.29, 1.82) is 0 Å². The van der Waals surface area contributed by atoms with Gasteiger partial charge < -0.3 is 9.84 Å². The normalized spacial score (nSPS) is 12.2. The lowest BCUT2D eigenvalue weighted by molar-refractivity contribution is 0.173. The molecule has 0 radical (unpaired) electrons. The molecule has 0 bridgehead atoms. The van der Waals surface area contributed by atoms with Crippen LogP contribution < -0.4 is 4.74 Å². The summed E-state index contributed by atoms with van der Waals surface area (Å²) >= 11 is 0. The molecule has 1 N–H and O–H groups in total. The molecule has 0 aliphatic carbocycles. The van der Waals surface area contributed by atoms with E-state index in [1.807, 2.05) is 43.3 Å². The molecular formula is C17H21NO2. The molecule has 1 unspecified atom stereocenters. The molecule has 1 aromatic carbocycles. The molecule has 0 fully saturated rings. The Morgan fingerprint density at radius 2 is 1.85 bits per heavy atom. The number of pyridine rings is 1. The third-order valence-electron chi connectivity index (χ3n) is 3.19. The summed E-state index contributed by atoms with van der Waals surface area (Å²) in [6.07, 6.45) is 3.07. The largest absolute Gasteiger partial charge is 0.492 e. The Hall–Kier alpha value is -1.87. The number of rotatable bonds is 6. The number of hydrogen-bond donors (Lipinski definition) is 1. The average Bonchev–Trinajstić information content (AvgIpc) is 2.53. The Kier molecular flexibility index (Phi) is 5.13. The van der Waals surface area contributed by atoms with Crippen molar-refractivity contribution in [3.63, 3.8) is 0 Å². The molecule has 0 saturated carbocycles. The van der Waals surface area contributed by atoms with E-state index in [9.17, 15) is 5.11 Å². The van der Waals surface area contributed by atoms with Gasteiger partial charge in [0, 0.05) is 5.56 Å². The van der Waals surface area contributed by atoms with E-state index in [2.05, 4.69) is 11.9 Å². The van der Waals surface area contributed by atoms with E-state index >= 15 is 0 Å². The number of nitrogens with zero attached hydrogens (tertiary/aromatic N) is 1. The zero-order chi connectivity index (χ0) is 14.4. The lowest BCUT2D eigenvalue weighted by Crippen LogP contribution is -1.96. The molecule has 2 aromatic rings. The Bertz CT molecular complexity index is 520. The topological polar surface area (TPSA) is 42.4 Å². The Labute approximate surface area is 120 Å². The molecule has 0 amide bonds. The van der Waals surface area contributed by atoms with Gasteiger partial charge in [0.1, 0.15) is 5.75 Å². The van der Waals surface area contributed by atoms with E-state index < -0.39 is 0 Å². The van der Waals surface area contributed by atoms with Crippen LogP contribution in [-0.4, -0.2) is 16.7 Å². The van der Waals surface area contributed by atoms with Crippen molar-refractivity contribution in [1.82, 2.24) is 4.98 Å². The molecule has 20 heavy (non-hydrogen) atoms. The van der Waals surface area contributed by atoms with Crippen LogP contribution in [0.1, 0.15) is 38.4 Å². The summed E-state index contributed by atoms with van der Waals surface area (Å²) in [6, 6.07) is 11.8. The van der Waals surface area contributed by atoms with Gasteiger partial charge in [0.15, 0.2) is 0 Å². The summed E-state index contributed by atoms with van der Waals surface area (Å²) < 4.78 is 5.52. The average molecular weight is 271 g/mol. The fraction of sp³-hybridized carbons (Fsp3) is 0.353.